The smallest absolute Gasteiger partial charge is 0.248 e. The highest BCUT2D eigenvalue weighted by Crippen LogP contribution is 2.18. The van der Waals surface area contributed by atoms with E-state index in [0.717, 1.165) is 17.5 Å². The van der Waals surface area contributed by atoms with Crippen molar-refractivity contribution in [2.45, 2.75) is 32.4 Å². The highest BCUT2D eigenvalue weighted by molar-refractivity contribution is 7.93. The first kappa shape index (κ1) is 13.5. The van der Waals surface area contributed by atoms with Crippen molar-refractivity contribution in [2.24, 2.45) is 0 Å². The van der Waals surface area contributed by atoms with Crippen LogP contribution in [0.25, 0.3) is 0 Å². The second-order valence-corrected chi connectivity index (χ2v) is 5.91. The zero-order chi connectivity index (χ0) is 13.1. The van der Waals surface area contributed by atoms with Crippen molar-refractivity contribution in [1.29, 1.82) is 5.26 Å². The van der Waals surface area contributed by atoms with Gasteiger partial charge in [0.05, 0.1) is 6.07 Å². The third-order valence-electron chi connectivity index (χ3n) is 2.64. The second kappa shape index (κ2) is 5.19. The van der Waals surface area contributed by atoms with Gasteiger partial charge in [-0.25, -0.2) is 8.42 Å². The fourth-order valence-electron chi connectivity index (χ4n) is 1.44. The van der Waals surface area contributed by atoms with Crippen LogP contribution in [-0.4, -0.2) is 13.7 Å². The summed E-state index contributed by atoms with van der Waals surface area (Å²) in [5.41, 5.74) is 2.73. The number of sulfonamides is 1. The van der Waals surface area contributed by atoms with E-state index >= 15 is 0 Å². The predicted molar refractivity (Wildman–Crippen MR) is 68.2 cm³/mol. The molecule has 1 atom stereocenters. The molecule has 1 unspecified atom stereocenters. The van der Waals surface area contributed by atoms with Crippen molar-refractivity contribution in [3.63, 3.8) is 0 Å². The number of hydrogen-bond acceptors (Lipinski definition) is 3. The Balaban J connectivity index is 3.02. The molecular formula is C12H16N2O2S. The lowest BCUT2D eigenvalue weighted by Gasteiger charge is -2.11. The van der Waals surface area contributed by atoms with Gasteiger partial charge in [-0.1, -0.05) is 13.0 Å². The van der Waals surface area contributed by atoms with E-state index < -0.39 is 15.3 Å². The third-order valence-corrected chi connectivity index (χ3v) is 4.19. The normalized spacial score (nSPS) is 12.8. The maximum absolute atomic E-state index is 11.7. The van der Waals surface area contributed by atoms with Gasteiger partial charge in [0.15, 0.2) is 5.25 Å². The number of rotatable bonds is 4. The first-order valence-electron chi connectivity index (χ1n) is 5.41. The average molecular weight is 252 g/mol. The summed E-state index contributed by atoms with van der Waals surface area (Å²) >= 11 is 0. The van der Waals surface area contributed by atoms with Crippen molar-refractivity contribution >= 4 is 15.7 Å². The molecule has 0 aliphatic carbocycles. The summed E-state index contributed by atoms with van der Waals surface area (Å²) in [5.74, 6) is 0. The minimum atomic E-state index is -3.61. The Morgan fingerprint density at radius 1 is 1.47 bits per heavy atom. The van der Waals surface area contributed by atoms with E-state index in [1.54, 1.807) is 18.2 Å². The minimum Gasteiger partial charge on any atom is -0.282 e. The molecule has 0 amide bonds. The number of aryl methyl sites for hydroxylation is 2. The van der Waals surface area contributed by atoms with Crippen molar-refractivity contribution in [1.82, 2.24) is 0 Å². The fourth-order valence-corrected chi connectivity index (χ4v) is 2.21. The minimum absolute atomic E-state index is 0.509. The van der Waals surface area contributed by atoms with Crippen LogP contribution in [0.5, 0.6) is 0 Å². The van der Waals surface area contributed by atoms with Crippen LogP contribution in [0.2, 0.25) is 0 Å². The van der Waals surface area contributed by atoms with Gasteiger partial charge in [0.25, 0.3) is 0 Å². The Labute approximate surface area is 102 Å². The molecule has 1 aromatic carbocycles. The van der Waals surface area contributed by atoms with Gasteiger partial charge in [0, 0.05) is 5.69 Å². The monoisotopic (exact) mass is 252 g/mol. The zero-order valence-electron chi connectivity index (χ0n) is 10.2. The zero-order valence-corrected chi connectivity index (χ0v) is 11.0. The van der Waals surface area contributed by atoms with Gasteiger partial charge in [-0.3, -0.25) is 4.72 Å². The van der Waals surface area contributed by atoms with Crippen molar-refractivity contribution in [3.8, 4) is 6.07 Å². The maximum atomic E-state index is 11.7. The van der Waals surface area contributed by atoms with Gasteiger partial charge in [0.1, 0.15) is 0 Å². The van der Waals surface area contributed by atoms with E-state index in [0.29, 0.717) is 5.69 Å². The molecule has 1 N–H and O–H groups in total. The Morgan fingerprint density at radius 3 is 2.65 bits per heavy atom. The molecule has 0 aliphatic heterocycles. The van der Waals surface area contributed by atoms with Gasteiger partial charge in [-0.2, -0.15) is 5.26 Å². The molecule has 0 aromatic heterocycles. The van der Waals surface area contributed by atoms with Crippen molar-refractivity contribution < 1.29 is 8.42 Å². The Hall–Kier alpha value is -1.54. The molecule has 0 saturated carbocycles. The molecule has 1 rings (SSSR count). The van der Waals surface area contributed by atoms with E-state index in [-0.39, 0.29) is 0 Å². The van der Waals surface area contributed by atoms with Crippen LogP contribution in [0, 0.1) is 18.3 Å². The molecule has 5 heteroatoms. The molecule has 0 fully saturated rings. The lowest BCUT2D eigenvalue weighted by atomic mass is 10.1. The molecule has 0 bridgehead atoms. The summed E-state index contributed by atoms with van der Waals surface area (Å²) in [6.07, 6.45) is 0.842. The topological polar surface area (TPSA) is 70.0 Å². The Bertz CT molecular complexity index is 544. The summed E-state index contributed by atoms with van der Waals surface area (Å²) in [4.78, 5) is 0. The third kappa shape index (κ3) is 3.21. The van der Waals surface area contributed by atoms with Crippen LogP contribution in [0.1, 0.15) is 25.0 Å². The van der Waals surface area contributed by atoms with Crippen LogP contribution >= 0.6 is 0 Å². The molecule has 92 valence electrons. The molecule has 4 nitrogen and oxygen atoms in total. The molecule has 0 spiro atoms. The quantitative estimate of drug-likeness (QED) is 0.893. The van der Waals surface area contributed by atoms with Gasteiger partial charge in [0.2, 0.25) is 10.0 Å². The number of benzene rings is 1. The van der Waals surface area contributed by atoms with E-state index in [1.165, 1.54) is 6.92 Å². The van der Waals surface area contributed by atoms with Crippen LogP contribution < -0.4 is 4.72 Å². The van der Waals surface area contributed by atoms with Crippen LogP contribution in [0.15, 0.2) is 18.2 Å². The number of nitrogens with one attached hydrogen (secondary N) is 1. The fraction of sp³-hybridized carbons (Fsp3) is 0.417. The number of nitrogens with zero attached hydrogens (tertiary/aromatic N) is 1. The predicted octanol–water partition coefficient (Wildman–Crippen LogP) is 2.21. The summed E-state index contributed by atoms with van der Waals surface area (Å²) < 4.78 is 25.8. The van der Waals surface area contributed by atoms with E-state index in [4.69, 9.17) is 5.26 Å². The van der Waals surface area contributed by atoms with E-state index in [2.05, 4.69) is 4.72 Å². The molecule has 0 aliphatic rings. The van der Waals surface area contributed by atoms with Gasteiger partial charge in [-0.15, -0.1) is 0 Å². The Morgan fingerprint density at radius 2 is 2.12 bits per heavy atom. The molecule has 17 heavy (non-hydrogen) atoms. The molecule has 1 aromatic rings. The molecular weight excluding hydrogens is 236 g/mol. The number of nitriles is 1. The highest BCUT2D eigenvalue weighted by Gasteiger charge is 2.19. The number of anilines is 1. The van der Waals surface area contributed by atoms with Gasteiger partial charge < -0.3 is 0 Å². The standard InChI is InChI=1S/C12H16N2O2S/c1-4-11-7-12(6-5-9(11)2)14-17(15,16)10(3)8-13/h5-7,10,14H,4H2,1-3H3. The SMILES string of the molecule is CCc1cc(NS(=O)(=O)C(C)C#N)ccc1C. The first-order chi connectivity index (χ1) is 7.90. The lowest BCUT2D eigenvalue weighted by Crippen LogP contribution is -2.23. The summed E-state index contributed by atoms with van der Waals surface area (Å²) in [5, 5.41) is 7.56. The molecule has 0 saturated heterocycles. The van der Waals surface area contributed by atoms with Crippen LogP contribution in [0.3, 0.4) is 0 Å². The largest absolute Gasteiger partial charge is 0.282 e. The van der Waals surface area contributed by atoms with Crippen LogP contribution in [-0.2, 0) is 16.4 Å². The second-order valence-electron chi connectivity index (χ2n) is 3.91. The van der Waals surface area contributed by atoms with Crippen molar-refractivity contribution in [3.05, 3.63) is 29.3 Å². The summed E-state index contributed by atoms with van der Waals surface area (Å²) in [6.45, 7) is 5.35. The van der Waals surface area contributed by atoms with Crippen molar-refractivity contribution in [2.75, 3.05) is 4.72 Å². The van der Waals surface area contributed by atoms with Crippen LogP contribution in [0.4, 0.5) is 5.69 Å². The van der Waals surface area contributed by atoms with Gasteiger partial charge >= 0.3 is 0 Å². The van der Waals surface area contributed by atoms with E-state index in [9.17, 15) is 8.42 Å². The average Bonchev–Trinajstić information content (AvgIpc) is 2.30. The first-order valence-corrected chi connectivity index (χ1v) is 6.96. The number of hydrogen-bond donors (Lipinski definition) is 1. The summed E-state index contributed by atoms with van der Waals surface area (Å²) in [6, 6.07) is 7.09. The maximum Gasteiger partial charge on any atom is 0.248 e. The van der Waals surface area contributed by atoms with Gasteiger partial charge in [-0.05, 0) is 43.5 Å². The molecule has 0 radical (unpaired) electrons. The lowest BCUT2D eigenvalue weighted by molar-refractivity contribution is 0.597. The van der Waals surface area contributed by atoms with E-state index in [1.807, 2.05) is 19.9 Å². The Kier molecular flexibility index (Phi) is 4.13. The highest BCUT2D eigenvalue weighted by atomic mass is 32.2. The molecule has 0 heterocycles. The summed E-state index contributed by atoms with van der Waals surface area (Å²) in [7, 11) is -3.61.